The van der Waals surface area contributed by atoms with Gasteiger partial charge in [0.2, 0.25) is 0 Å². The molecule has 4 bridgehead atoms. The van der Waals surface area contributed by atoms with Crippen LogP contribution in [0.3, 0.4) is 0 Å². The molecule has 8 aromatic rings. The molecule has 0 saturated heterocycles. The van der Waals surface area contributed by atoms with Crippen LogP contribution in [0.4, 0.5) is 0 Å². The van der Waals surface area contributed by atoms with E-state index in [1.807, 2.05) is 0 Å². The van der Waals surface area contributed by atoms with E-state index in [4.69, 9.17) is 0 Å². The maximum atomic E-state index is 2.70. The Morgan fingerprint density at radius 1 is 0.382 bits per heavy atom. The van der Waals surface area contributed by atoms with Gasteiger partial charge in [0.15, 0.2) is 0 Å². The third-order valence-corrected chi connectivity index (χ3v) is 15.6. The van der Waals surface area contributed by atoms with Gasteiger partial charge in [0, 0.05) is 10.8 Å². The van der Waals surface area contributed by atoms with E-state index < -0.39 is 0 Å². The molecule has 1 spiro atoms. The lowest BCUT2D eigenvalue weighted by molar-refractivity contribution is -0.0399. The highest BCUT2D eigenvalue weighted by Crippen LogP contribution is 2.70. The lowest BCUT2D eigenvalue weighted by Gasteiger charge is -2.61. The fourth-order valence-corrected chi connectivity index (χ4v) is 13.7. The normalized spacial score (nSPS) is 24.8. The van der Waals surface area contributed by atoms with E-state index in [-0.39, 0.29) is 10.8 Å². The second-order valence-corrected chi connectivity index (χ2v) is 18.4. The molecule has 6 aliphatic rings. The first-order chi connectivity index (χ1) is 27.0. The molecule has 4 saturated carbocycles. The van der Waals surface area contributed by atoms with Gasteiger partial charge in [-0.05, 0) is 167 Å². The first kappa shape index (κ1) is 30.8. The van der Waals surface area contributed by atoms with Crippen LogP contribution in [0.25, 0.3) is 76.8 Å². The maximum absolute atomic E-state index is 2.70. The second kappa shape index (κ2) is 10.6. The van der Waals surface area contributed by atoms with Crippen LogP contribution >= 0.6 is 0 Å². The molecule has 0 heteroatoms. The van der Waals surface area contributed by atoms with Crippen molar-refractivity contribution in [2.24, 2.45) is 23.7 Å². The molecule has 0 nitrogen and oxygen atoms in total. The van der Waals surface area contributed by atoms with E-state index in [0.29, 0.717) is 0 Å². The van der Waals surface area contributed by atoms with Gasteiger partial charge < -0.3 is 0 Å². The Morgan fingerprint density at radius 2 is 0.891 bits per heavy atom. The fraction of sp³-hybridized carbons (Fsp3) is 0.236. The quantitative estimate of drug-likeness (QED) is 0.157. The Morgan fingerprint density at radius 3 is 1.53 bits per heavy atom. The van der Waals surface area contributed by atoms with E-state index in [2.05, 4.69) is 159 Å². The van der Waals surface area contributed by atoms with Crippen molar-refractivity contribution in [1.82, 2.24) is 0 Å². The van der Waals surface area contributed by atoms with Crippen molar-refractivity contribution in [1.29, 1.82) is 0 Å². The zero-order chi connectivity index (χ0) is 36.2. The fourth-order valence-electron chi connectivity index (χ4n) is 13.7. The van der Waals surface area contributed by atoms with E-state index in [0.717, 1.165) is 23.7 Å². The van der Waals surface area contributed by atoms with Gasteiger partial charge in [0.05, 0.1) is 0 Å². The Balaban J connectivity index is 1.07. The van der Waals surface area contributed by atoms with Crippen molar-refractivity contribution in [3.8, 4) is 44.5 Å². The van der Waals surface area contributed by atoms with Gasteiger partial charge in [-0.15, -0.1) is 0 Å². The molecule has 0 aliphatic heterocycles. The molecule has 0 N–H and O–H groups in total. The van der Waals surface area contributed by atoms with Crippen molar-refractivity contribution >= 4 is 32.3 Å². The SMILES string of the molecule is CC1(C)c2ccccc2-c2ccc(-c3c4ccccc4c(-c4ccc5c(c4)C4(c6ccc7ccccc7c6-5)C5CC6CC(C5)CC4C6)c4ccccc34)cc21. The van der Waals surface area contributed by atoms with Gasteiger partial charge >= 0.3 is 0 Å². The van der Waals surface area contributed by atoms with E-state index in [9.17, 15) is 0 Å². The van der Waals surface area contributed by atoms with E-state index in [1.165, 1.54) is 120 Å². The minimum atomic E-state index is -0.0469. The Hall–Kier alpha value is -5.46. The largest absolute Gasteiger partial charge is 0.0619 e. The van der Waals surface area contributed by atoms with Crippen LogP contribution in [0, 0.1) is 23.7 Å². The standard InChI is InChI=1S/C55H44/c1-54(2)47-18-10-9-13-40(47)41-22-19-35(30-49(41)54)51-42-14-5-7-16-44(42)52(45-17-8-6-15-43(45)51)36-20-23-46-50(31-36)55(37-26-32-25-33(28-37)29-38(55)27-32)48-24-21-34-11-3-4-12-39(34)53(46)48/h3-24,30-33,37-38H,25-29H2,1-2H3. The molecule has 0 radical (unpaired) electrons. The Bertz CT molecular complexity index is 2890. The Labute approximate surface area is 323 Å². The second-order valence-electron chi connectivity index (χ2n) is 18.4. The predicted octanol–water partition coefficient (Wildman–Crippen LogP) is 14.5. The highest BCUT2D eigenvalue weighted by Gasteiger charge is 2.61. The third-order valence-electron chi connectivity index (χ3n) is 15.6. The van der Waals surface area contributed by atoms with Gasteiger partial charge in [-0.1, -0.05) is 147 Å². The summed E-state index contributed by atoms with van der Waals surface area (Å²) in [4.78, 5) is 0. The summed E-state index contributed by atoms with van der Waals surface area (Å²) in [5.74, 6) is 3.30. The summed E-state index contributed by atoms with van der Waals surface area (Å²) < 4.78 is 0. The van der Waals surface area contributed by atoms with Crippen LogP contribution in [0.5, 0.6) is 0 Å². The summed E-state index contributed by atoms with van der Waals surface area (Å²) in [6.07, 6.45) is 7.05. The molecule has 264 valence electrons. The highest BCUT2D eigenvalue weighted by atomic mass is 14.6. The number of rotatable bonds is 2. The number of hydrogen-bond donors (Lipinski definition) is 0. The van der Waals surface area contributed by atoms with Crippen molar-refractivity contribution in [2.75, 3.05) is 0 Å². The van der Waals surface area contributed by atoms with Crippen LogP contribution in [-0.4, -0.2) is 0 Å². The molecule has 6 aliphatic carbocycles. The topological polar surface area (TPSA) is 0 Å². The zero-order valence-electron chi connectivity index (χ0n) is 31.7. The molecule has 0 unspecified atom stereocenters. The lowest BCUT2D eigenvalue weighted by atomic mass is 9.43. The maximum Gasteiger partial charge on any atom is 0.0272 e. The van der Waals surface area contributed by atoms with Crippen LogP contribution in [0.15, 0.2) is 146 Å². The third kappa shape index (κ3) is 3.84. The predicted molar refractivity (Wildman–Crippen MR) is 231 cm³/mol. The monoisotopic (exact) mass is 704 g/mol. The van der Waals surface area contributed by atoms with Crippen LogP contribution in [-0.2, 0) is 10.8 Å². The average molecular weight is 705 g/mol. The number of fused-ring (bicyclic) bond motifs is 10. The Kier molecular flexibility index (Phi) is 5.96. The molecule has 4 fully saturated rings. The summed E-state index contributed by atoms with van der Waals surface area (Å²) in [7, 11) is 0. The average Bonchev–Trinajstić information content (AvgIpc) is 3.64. The molecule has 0 atom stereocenters. The summed E-state index contributed by atoms with van der Waals surface area (Å²) >= 11 is 0. The minimum Gasteiger partial charge on any atom is -0.0619 e. The number of hydrogen-bond acceptors (Lipinski definition) is 0. The van der Waals surface area contributed by atoms with Crippen molar-refractivity contribution in [3.63, 3.8) is 0 Å². The molecular weight excluding hydrogens is 661 g/mol. The lowest BCUT2D eigenvalue weighted by Crippen LogP contribution is -2.55. The molecular formula is C55H44. The minimum absolute atomic E-state index is 0.0469. The summed E-state index contributed by atoms with van der Waals surface area (Å²) in [6.45, 7) is 4.79. The summed E-state index contributed by atoms with van der Waals surface area (Å²) in [5.41, 5.74) is 17.4. The van der Waals surface area contributed by atoms with Crippen LogP contribution in [0.1, 0.15) is 68.2 Å². The van der Waals surface area contributed by atoms with Crippen LogP contribution in [0.2, 0.25) is 0 Å². The highest BCUT2D eigenvalue weighted by molar-refractivity contribution is 6.21. The van der Waals surface area contributed by atoms with Gasteiger partial charge in [-0.2, -0.15) is 0 Å². The molecule has 14 rings (SSSR count). The van der Waals surface area contributed by atoms with E-state index >= 15 is 0 Å². The summed E-state index contributed by atoms with van der Waals surface area (Å²) in [5, 5.41) is 8.16. The van der Waals surface area contributed by atoms with Gasteiger partial charge in [0.1, 0.15) is 0 Å². The van der Waals surface area contributed by atoms with Gasteiger partial charge in [-0.3, -0.25) is 0 Å². The van der Waals surface area contributed by atoms with Gasteiger partial charge in [-0.25, -0.2) is 0 Å². The first-order valence-electron chi connectivity index (χ1n) is 20.9. The molecule has 8 aromatic carbocycles. The van der Waals surface area contributed by atoms with Crippen LogP contribution < -0.4 is 0 Å². The van der Waals surface area contributed by atoms with Crippen molar-refractivity contribution < 1.29 is 0 Å². The summed E-state index contributed by atoms with van der Waals surface area (Å²) in [6, 6.07) is 56.7. The smallest absolute Gasteiger partial charge is 0.0272 e. The molecule has 55 heavy (non-hydrogen) atoms. The zero-order valence-corrected chi connectivity index (χ0v) is 31.7. The molecule has 0 aromatic heterocycles. The number of benzene rings is 8. The molecule has 0 heterocycles. The van der Waals surface area contributed by atoms with Gasteiger partial charge in [0.25, 0.3) is 0 Å². The van der Waals surface area contributed by atoms with E-state index in [1.54, 1.807) is 11.1 Å². The first-order valence-corrected chi connectivity index (χ1v) is 20.9. The van der Waals surface area contributed by atoms with Crippen molar-refractivity contribution in [3.05, 3.63) is 168 Å². The van der Waals surface area contributed by atoms with Crippen molar-refractivity contribution in [2.45, 2.75) is 56.8 Å². The molecule has 0 amide bonds.